The molecule has 3 rings (SSSR count). The van der Waals surface area contributed by atoms with Crippen molar-refractivity contribution in [1.82, 2.24) is 4.98 Å². The third-order valence-electron chi connectivity index (χ3n) is 5.04. The maximum Gasteiger partial charge on any atom is 0.153 e. The Balaban J connectivity index is 1.89. The van der Waals surface area contributed by atoms with Crippen molar-refractivity contribution in [2.45, 2.75) is 39.7 Å². The Morgan fingerprint density at radius 2 is 2.10 bits per heavy atom. The van der Waals surface area contributed by atoms with Crippen molar-refractivity contribution >= 4 is 17.2 Å². The van der Waals surface area contributed by atoms with Crippen LogP contribution in [0.1, 0.15) is 32.3 Å². The molecule has 0 N–H and O–H groups in total. The molecule has 0 fully saturated rings. The van der Waals surface area contributed by atoms with Crippen LogP contribution in [0.15, 0.2) is 71.7 Å². The van der Waals surface area contributed by atoms with Crippen LogP contribution in [-0.4, -0.2) is 31.1 Å². The lowest BCUT2D eigenvalue weighted by atomic mass is 9.95. The number of ether oxygens (including phenoxy) is 3. The molecule has 1 aromatic heterocycles. The summed E-state index contributed by atoms with van der Waals surface area (Å²) in [6, 6.07) is 5.82. The van der Waals surface area contributed by atoms with Crippen molar-refractivity contribution in [3.8, 4) is 11.5 Å². The smallest absolute Gasteiger partial charge is 0.153 e. The number of benzene rings is 1. The van der Waals surface area contributed by atoms with Gasteiger partial charge in [0.25, 0.3) is 0 Å². The van der Waals surface area contributed by atoms with Crippen LogP contribution in [0.4, 0.5) is 0 Å². The van der Waals surface area contributed by atoms with Gasteiger partial charge in [-0.1, -0.05) is 25.2 Å². The van der Waals surface area contributed by atoms with E-state index in [4.69, 9.17) is 14.2 Å². The number of hydrogen-bond donors (Lipinski definition) is 0. The van der Waals surface area contributed by atoms with Crippen LogP contribution in [0, 0.1) is 6.92 Å². The van der Waals surface area contributed by atoms with E-state index in [1.54, 1.807) is 13.3 Å². The number of rotatable bonds is 9. The van der Waals surface area contributed by atoms with E-state index in [0.717, 1.165) is 57.6 Å². The van der Waals surface area contributed by atoms with E-state index in [1.807, 2.05) is 62.4 Å². The number of aromatic nitrogens is 1. The van der Waals surface area contributed by atoms with E-state index >= 15 is 0 Å². The maximum atomic E-state index is 11.4. The van der Waals surface area contributed by atoms with Crippen molar-refractivity contribution in [1.29, 1.82) is 0 Å². The van der Waals surface area contributed by atoms with E-state index in [9.17, 15) is 4.79 Å². The molecule has 1 unspecified atom stereocenters. The molecular weight excluding hydrogens is 390 g/mol. The quantitative estimate of drug-likeness (QED) is 0.389. The lowest BCUT2D eigenvalue weighted by molar-refractivity contribution is -0.115. The predicted molar refractivity (Wildman–Crippen MR) is 123 cm³/mol. The molecule has 0 bridgehead atoms. The second-order valence-electron chi connectivity index (χ2n) is 7.27. The Labute approximate surface area is 183 Å². The number of methoxy groups -OCH3 is 1. The number of carbonyl (C=O) groups excluding carboxylic acids is 1. The standard InChI is InChI=1S/C26H29NO4/c1-5-8-21(15-19-9-7-10-20(14-19)26(17-28)30-6-2)31-24-11-12-27-23-13-18(3)25(29-4)16-22(23)24/h7-13,15-17,26H,5-6,14H2,1-4H3/b19-15-,21-8+. The van der Waals surface area contributed by atoms with Gasteiger partial charge in [-0.05, 0) is 73.7 Å². The summed E-state index contributed by atoms with van der Waals surface area (Å²) < 4.78 is 17.3. The van der Waals surface area contributed by atoms with Crippen LogP contribution < -0.4 is 9.47 Å². The second-order valence-corrected chi connectivity index (χ2v) is 7.27. The normalized spacial score (nSPS) is 16.3. The largest absolute Gasteiger partial charge is 0.496 e. The van der Waals surface area contributed by atoms with E-state index in [1.165, 1.54) is 0 Å². The minimum Gasteiger partial charge on any atom is -0.496 e. The third kappa shape index (κ3) is 5.50. The molecule has 1 aliphatic rings. The van der Waals surface area contributed by atoms with Gasteiger partial charge in [0.15, 0.2) is 6.29 Å². The van der Waals surface area contributed by atoms with Gasteiger partial charge in [-0.25, -0.2) is 0 Å². The van der Waals surface area contributed by atoms with Crippen molar-refractivity contribution in [3.63, 3.8) is 0 Å². The Hall–Kier alpha value is -3.18. The fraction of sp³-hybridized carbons (Fsp3) is 0.308. The van der Waals surface area contributed by atoms with Gasteiger partial charge in [-0.3, -0.25) is 4.98 Å². The molecule has 0 radical (unpaired) electrons. The molecule has 162 valence electrons. The van der Waals surface area contributed by atoms with Crippen LogP contribution in [0.25, 0.3) is 10.9 Å². The van der Waals surface area contributed by atoms with Gasteiger partial charge in [0.1, 0.15) is 23.4 Å². The molecule has 1 atom stereocenters. The average Bonchev–Trinajstić information content (AvgIpc) is 2.77. The molecule has 5 nitrogen and oxygen atoms in total. The Morgan fingerprint density at radius 3 is 2.81 bits per heavy atom. The second kappa shape index (κ2) is 10.7. The fourth-order valence-electron chi connectivity index (χ4n) is 3.56. The van der Waals surface area contributed by atoms with Gasteiger partial charge in [0.05, 0.1) is 12.6 Å². The number of fused-ring (bicyclic) bond motifs is 1. The zero-order valence-corrected chi connectivity index (χ0v) is 18.6. The average molecular weight is 420 g/mol. The molecule has 1 heterocycles. The van der Waals surface area contributed by atoms with Gasteiger partial charge in [-0.2, -0.15) is 0 Å². The number of allylic oxidation sites excluding steroid dienone is 6. The topological polar surface area (TPSA) is 57.7 Å². The summed E-state index contributed by atoms with van der Waals surface area (Å²) in [5.41, 5.74) is 3.87. The lowest BCUT2D eigenvalue weighted by Gasteiger charge is -2.18. The minimum atomic E-state index is -0.516. The summed E-state index contributed by atoms with van der Waals surface area (Å²) in [5, 5.41) is 0.891. The molecule has 5 heteroatoms. The van der Waals surface area contributed by atoms with Gasteiger partial charge >= 0.3 is 0 Å². The van der Waals surface area contributed by atoms with Crippen LogP contribution in [0.5, 0.6) is 11.5 Å². The van der Waals surface area contributed by atoms with Crippen LogP contribution in [0.2, 0.25) is 0 Å². The van der Waals surface area contributed by atoms with Crippen LogP contribution in [0.3, 0.4) is 0 Å². The SMILES string of the molecule is CC/C=C(\C=C1\C=CC=C(C(C=O)OCC)C1)Oc1ccnc2cc(C)c(OC)cc12. The van der Waals surface area contributed by atoms with E-state index in [2.05, 4.69) is 11.9 Å². The first-order valence-electron chi connectivity index (χ1n) is 10.6. The summed E-state index contributed by atoms with van der Waals surface area (Å²) in [6.45, 7) is 6.44. The first-order chi connectivity index (χ1) is 15.1. The molecule has 31 heavy (non-hydrogen) atoms. The lowest BCUT2D eigenvalue weighted by Crippen LogP contribution is -2.18. The Kier molecular flexibility index (Phi) is 7.79. The van der Waals surface area contributed by atoms with Crippen LogP contribution in [-0.2, 0) is 9.53 Å². The van der Waals surface area contributed by atoms with E-state index in [-0.39, 0.29) is 0 Å². The highest BCUT2D eigenvalue weighted by Gasteiger charge is 2.16. The number of pyridine rings is 1. The van der Waals surface area contributed by atoms with Crippen molar-refractivity contribution in [2.24, 2.45) is 0 Å². The molecule has 0 spiro atoms. The molecular formula is C26H29NO4. The maximum absolute atomic E-state index is 11.4. The molecule has 2 aromatic rings. The number of nitrogens with zero attached hydrogens (tertiary/aromatic N) is 1. The molecule has 1 aromatic carbocycles. The Bertz CT molecular complexity index is 1060. The molecule has 0 amide bonds. The highest BCUT2D eigenvalue weighted by molar-refractivity contribution is 5.87. The zero-order valence-electron chi connectivity index (χ0n) is 18.6. The Morgan fingerprint density at radius 1 is 1.26 bits per heavy atom. The van der Waals surface area contributed by atoms with Gasteiger partial charge in [-0.15, -0.1) is 0 Å². The fourth-order valence-corrected chi connectivity index (χ4v) is 3.56. The van der Waals surface area contributed by atoms with Gasteiger partial charge in [0.2, 0.25) is 0 Å². The number of aldehydes is 1. The molecule has 0 saturated heterocycles. The molecule has 0 aliphatic heterocycles. The summed E-state index contributed by atoms with van der Waals surface area (Å²) in [4.78, 5) is 15.9. The summed E-state index contributed by atoms with van der Waals surface area (Å²) in [6.07, 6.45) is 13.5. The van der Waals surface area contributed by atoms with Gasteiger partial charge in [0, 0.05) is 18.2 Å². The first-order valence-corrected chi connectivity index (χ1v) is 10.6. The monoisotopic (exact) mass is 419 g/mol. The van der Waals surface area contributed by atoms with Crippen LogP contribution >= 0.6 is 0 Å². The van der Waals surface area contributed by atoms with E-state index < -0.39 is 6.10 Å². The first kappa shape index (κ1) is 22.5. The molecule has 1 aliphatic carbocycles. The number of aryl methyl sites for hydroxylation is 1. The summed E-state index contributed by atoms with van der Waals surface area (Å²) in [5.74, 6) is 2.26. The number of hydrogen-bond acceptors (Lipinski definition) is 5. The third-order valence-corrected chi connectivity index (χ3v) is 5.04. The van der Waals surface area contributed by atoms with Gasteiger partial charge < -0.3 is 19.0 Å². The predicted octanol–water partition coefficient (Wildman–Crippen LogP) is 5.64. The molecule has 0 saturated carbocycles. The van der Waals surface area contributed by atoms with Crippen molar-refractivity contribution in [3.05, 3.63) is 77.2 Å². The highest BCUT2D eigenvalue weighted by Crippen LogP contribution is 2.32. The number of carbonyl (C=O) groups is 1. The van der Waals surface area contributed by atoms with Crippen molar-refractivity contribution < 1.29 is 19.0 Å². The highest BCUT2D eigenvalue weighted by atomic mass is 16.5. The zero-order chi connectivity index (χ0) is 22.2. The summed E-state index contributed by atoms with van der Waals surface area (Å²) in [7, 11) is 1.66. The van der Waals surface area contributed by atoms with E-state index in [0.29, 0.717) is 13.0 Å². The minimum absolute atomic E-state index is 0.492. The van der Waals surface area contributed by atoms with Crippen molar-refractivity contribution in [2.75, 3.05) is 13.7 Å². The summed E-state index contributed by atoms with van der Waals surface area (Å²) >= 11 is 0.